The van der Waals surface area contributed by atoms with Crippen LogP contribution >= 0.6 is 11.6 Å². The number of hydrogen-bond acceptors (Lipinski definition) is 4. The van der Waals surface area contributed by atoms with Crippen molar-refractivity contribution in [2.45, 2.75) is 19.1 Å². The lowest BCUT2D eigenvalue weighted by Gasteiger charge is -2.43. The molecule has 2 aliphatic rings. The number of hydrogen-bond donors (Lipinski definition) is 1. The highest BCUT2D eigenvalue weighted by molar-refractivity contribution is 6.31. The van der Waals surface area contributed by atoms with E-state index < -0.39 is 11.8 Å². The fourth-order valence-electron chi connectivity index (χ4n) is 3.45. The highest BCUT2D eigenvalue weighted by atomic mass is 35.5. The molecular weight excluding hydrogens is 373 g/mol. The molecule has 0 radical (unpaired) electrons. The summed E-state index contributed by atoms with van der Waals surface area (Å²) in [6, 6.07) is 10.3. The molecule has 2 aromatic rings. The van der Waals surface area contributed by atoms with Gasteiger partial charge in [0.05, 0.1) is 10.9 Å². The van der Waals surface area contributed by atoms with E-state index in [9.17, 15) is 9.18 Å². The second-order valence-corrected chi connectivity index (χ2v) is 7.32. The molecule has 0 spiro atoms. The number of carbonyl (C=O) groups is 1. The average molecular weight is 392 g/mol. The van der Waals surface area contributed by atoms with E-state index in [0.717, 1.165) is 17.7 Å². The summed E-state index contributed by atoms with van der Waals surface area (Å²) in [5, 5.41) is 9.34. The van der Waals surface area contributed by atoms with Crippen molar-refractivity contribution in [3.05, 3.63) is 58.4 Å². The van der Waals surface area contributed by atoms with Gasteiger partial charge in [0.15, 0.2) is 0 Å². The molecule has 5 nitrogen and oxygen atoms in total. The van der Waals surface area contributed by atoms with Crippen molar-refractivity contribution in [1.82, 2.24) is 4.90 Å². The van der Waals surface area contributed by atoms with Gasteiger partial charge in [-0.1, -0.05) is 23.7 Å². The number of aliphatic carboxylic acids is 1. The van der Waals surface area contributed by atoms with Crippen LogP contribution in [-0.2, 0) is 17.8 Å². The molecule has 2 heterocycles. The van der Waals surface area contributed by atoms with Gasteiger partial charge in [0.2, 0.25) is 0 Å². The Kier molecular flexibility index (Phi) is 4.93. The van der Waals surface area contributed by atoms with Crippen molar-refractivity contribution in [2.24, 2.45) is 5.92 Å². The largest absolute Gasteiger partial charge is 0.492 e. The predicted molar refractivity (Wildman–Crippen MR) is 97.9 cm³/mol. The zero-order valence-electron chi connectivity index (χ0n) is 14.5. The van der Waals surface area contributed by atoms with Crippen LogP contribution < -0.4 is 9.47 Å². The summed E-state index contributed by atoms with van der Waals surface area (Å²) in [4.78, 5) is 13.1. The fraction of sp³-hybridized carbons (Fsp3) is 0.350. The first-order valence-electron chi connectivity index (χ1n) is 8.79. The monoisotopic (exact) mass is 391 g/mol. The van der Waals surface area contributed by atoms with Crippen LogP contribution in [0, 0.1) is 11.7 Å². The summed E-state index contributed by atoms with van der Waals surface area (Å²) in [5.41, 5.74) is 1.38. The van der Waals surface area contributed by atoms with Gasteiger partial charge in [0, 0.05) is 30.8 Å². The summed E-state index contributed by atoms with van der Waals surface area (Å²) >= 11 is 6.02. The summed E-state index contributed by atoms with van der Waals surface area (Å²) in [6.07, 6.45) is 0.807. The number of halogens is 2. The average Bonchev–Trinajstić information content (AvgIpc) is 2.59. The summed E-state index contributed by atoms with van der Waals surface area (Å²) in [7, 11) is 0. The van der Waals surface area contributed by atoms with Crippen molar-refractivity contribution in [3.8, 4) is 11.5 Å². The molecule has 2 aromatic carbocycles. The van der Waals surface area contributed by atoms with Gasteiger partial charge in [0.25, 0.3) is 0 Å². The van der Waals surface area contributed by atoms with E-state index in [1.54, 1.807) is 18.2 Å². The number of carboxylic acids is 1. The third kappa shape index (κ3) is 3.73. The molecule has 7 heteroatoms. The molecule has 1 saturated heterocycles. The quantitative estimate of drug-likeness (QED) is 0.846. The van der Waals surface area contributed by atoms with Crippen molar-refractivity contribution in [3.63, 3.8) is 0 Å². The van der Waals surface area contributed by atoms with E-state index in [2.05, 4.69) is 4.90 Å². The zero-order valence-corrected chi connectivity index (χ0v) is 15.3. The van der Waals surface area contributed by atoms with Gasteiger partial charge in [-0.05, 0) is 30.2 Å². The molecule has 0 amide bonds. The van der Waals surface area contributed by atoms with Crippen LogP contribution in [-0.4, -0.2) is 41.7 Å². The maximum atomic E-state index is 13.8. The normalized spacial score (nSPS) is 19.7. The number of likely N-dealkylation sites (tertiary alicyclic amines) is 1. The van der Waals surface area contributed by atoms with Crippen LogP contribution in [0.4, 0.5) is 4.39 Å². The Morgan fingerprint density at radius 2 is 2.15 bits per heavy atom. The maximum Gasteiger partial charge on any atom is 0.309 e. The Morgan fingerprint density at radius 3 is 2.89 bits per heavy atom. The van der Waals surface area contributed by atoms with Gasteiger partial charge in [-0.15, -0.1) is 0 Å². The Labute approximate surface area is 161 Å². The second-order valence-electron chi connectivity index (χ2n) is 6.92. The highest BCUT2D eigenvalue weighted by Crippen LogP contribution is 2.33. The minimum absolute atomic E-state index is 0.0390. The first-order valence-corrected chi connectivity index (χ1v) is 9.17. The number of carboxylic acid groups (broad SMARTS) is 1. The van der Waals surface area contributed by atoms with Crippen LogP contribution in [0.3, 0.4) is 0 Å². The lowest BCUT2D eigenvalue weighted by atomic mass is 9.93. The highest BCUT2D eigenvalue weighted by Gasteiger charge is 2.38. The minimum Gasteiger partial charge on any atom is -0.492 e. The van der Waals surface area contributed by atoms with Gasteiger partial charge >= 0.3 is 5.97 Å². The molecule has 1 N–H and O–H groups in total. The number of benzene rings is 2. The van der Waals surface area contributed by atoms with Gasteiger partial charge in [0.1, 0.15) is 30.5 Å². The molecule has 1 atom stereocenters. The molecule has 142 valence electrons. The Morgan fingerprint density at radius 1 is 1.33 bits per heavy atom. The Hall–Kier alpha value is -2.31. The number of nitrogens with zero attached hydrogens (tertiary/aromatic N) is 1. The molecule has 4 rings (SSSR count). The van der Waals surface area contributed by atoms with Gasteiger partial charge in [-0.2, -0.15) is 0 Å². The maximum absolute atomic E-state index is 13.8. The minimum atomic E-state index is -0.736. The molecule has 1 unspecified atom stereocenters. The van der Waals surface area contributed by atoms with Crippen LogP contribution in [0.1, 0.15) is 11.1 Å². The molecule has 0 aliphatic carbocycles. The molecule has 0 aromatic heterocycles. The lowest BCUT2D eigenvalue weighted by molar-refractivity contribution is -0.149. The van der Waals surface area contributed by atoms with E-state index in [1.807, 2.05) is 12.1 Å². The molecule has 0 saturated carbocycles. The van der Waals surface area contributed by atoms with E-state index in [4.69, 9.17) is 26.2 Å². The van der Waals surface area contributed by atoms with Crippen molar-refractivity contribution in [2.75, 3.05) is 19.7 Å². The van der Waals surface area contributed by atoms with Crippen LogP contribution in [0.15, 0.2) is 36.4 Å². The molecule has 1 fully saturated rings. The SMILES string of the molecule is O=C(O)C1CN(C2COc3cc(OCc4c(F)cccc4Cl)ccc3C2)C1. The van der Waals surface area contributed by atoms with Gasteiger partial charge < -0.3 is 14.6 Å². The molecule has 27 heavy (non-hydrogen) atoms. The zero-order chi connectivity index (χ0) is 19.0. The fourth-order valence-corrected chi connectivity index (χ4v) is 3.67. The van der Waals surface area contributed by atoms with E-state index in [0.29, 0.717) is 36.0 Å². The van der Waals surface area contributed by atoms with E-state index >= 15 is 0 Å². The predicted octanol–water partition coefficient (Wildman–Crippen LogP) is 3.38. The Balaban J connectivity index is 1.38. The summed E-state index contributed by atoms with van der Waals surface area (Å²) in [6.45, 7) is 1.70. The molecule has 2 aliphatic heterocycles. The molecular formula is C20H19ClFNO4. The van der Waals surface area contributed by atoms with E-state index in [1.165, 1.54) is 6.07 Å². The molecule has 0 bridgehead atoms. The smallest absolute Gasteiger partial charge is 0.309 e. The lowest BCUT2D eigenvalue weighted by Crippen LogP contribution is -2.57. The Bertz CT molecular complexity index is 849. The van der Waals surface area contributed by atoms with Crippen LogP contribution in [0.2, 0.25) is 5.02 Å². The second kappa shape index (κ2) is 7.37. The summed E-state index contributed by atoms with van der Waals surface area (Å²) in [5.74, 6) is -0.0682. The number of fused-ring (bicyclic) bond motifs is 1. The van der Waals surface area contributed by atoms with Crippen molar-refractivity contribution in [1.29, 1.82) is 0 Å². The van der Waals surface area contributed by atoms with Crippen molar-refractivity contribution >= 4 is 17.6 Å². The van der Waals surface area contributed by atoms with Crippen LogP contribution in [0.5, 0.6) is 11.5 Å². The first-order chi connectivity index (χ1) is 13.0. The van der Waals surface area contributed by atoms with E-state index in [-0.39, 0.29) is 18.6 Å². The third-order valence-corrected chi connectivity index (χ3v) is 5.50. The number of rotatable bonds is 5. The third-order valence-electron chi connectivity index (χ3n) is 5.15. The topological polar surface area (TPSA) is 59.0 Å². The van der Waals surface area contributed by atoms with Gasteiger partial charge in [-0.25, -0.2) is 4.39 Å². The first kappa shape index (κ1) is 18.1. The standard InChI is InChI=1S/C20H19ClFNO4/c21-17-2-1-3-18(22)16(17)11-26-15-5-4-12-6-14(10-27-19(12)7-15)23-8-13(9-23)20(24)25/h1-5,7,13-14H,6,8-11H2,(H,24,25). The van der Waals surface area contributed by atoms with Gasteiger partial charge in [-0.3, -0.25) is 9.69 Å². The van der Waals surface area contributed by atoms with Crippen LogP contribution in [0.25, 0.3) is 0 Å². The summed E-state index contributed by atoms with van der Waals surface area (Å²) < 4.78 is 25.4. The number of ether oxygens (including phenoxy) is 2. The van der Waals surface area contributed by atoms with Crippen molar-refractivity contribution < 1.29 is 23.8 Å².